The fourth-order valence-electron chi connectivity index (χ4n) is 3.40. The highest BCUT2D eigenvalue weighted by Gasteiger charge is 2.67. The molecule has 0 bridgehead atoms. The number of amides is 2. The SMILES string of the molecule is O=C(NC1COC1)c1cc(NC(=O)[C@@H]2[C@@H](c3cc(Cl)cc(Cl)c3)C2(Cl)Cl)ccc1Cl. The summed E-state index contributed by atoms with van der Waals surface area (Å²) in [6, 6.07) is 9.55. The number of rotatable bonds is 5. The van der Waals surface area contributed by atoms with Crippen LogP contribution in [0.15, 0.2) is 36.4 Å². The van der Waals surface area contributed by atoms with Gasteiger partial charge in [-0.25, -0.2) is 0 Å². The second-order valence-electron chi connectivity index (χ2n) is 7.22. The third-order valence-electron chi connectivity index (χ3n) is 5.03. The van der Waals surface area contributed by atoms with Crippen LogP contribution in [-0.4, -0.2) is 35.4 Å². The lowest BCUT2D eigenvalue weighted by Crippen LogP contribution is -2.48. The van der Waals surface area contributed by atoms with Crippen LogP contribution in [0.25, 0.3) is 0 Å². The van der Waals surface area contributed by atoms with Crippen LogP contribution in [0.1, 0.15) is 21.8 Å². The van der Waals surface area contributed by atoms with Gasteiger partial charge in [-0.2, -0.15) is 0 Å². The molecule has 30 heavy (non-hydrogen) atoms. The first-order chi connectivity index (χ1) is 14.2. The average Bonchev–Trinajstić information content (AvgIpc) is 3.21. The summed E-state index contributed by atoms with van der Waals surface area (Å²) in [5.74, 6) is -1.91. The molecule has 2 atom stereocenters. The van der Waals surface area contributed by atoms with Crippen molar-refractivity contribution in [3.8, 4) is 0 Å². The fraction of sp³-hybridized carbons (Fsp3) is 0.300. The molecule has 2 aromatic carbocycles. The van der Waals surface area contributed by atoms with Crippen LogP contribution in [-0.2, 0) is 9.53 Å². The van der Waals surface area contributed by atoms with Gasteiger partial charge in [0.15, 0.2) is 0 Å². The molecule has 2 aliphatic rings. The van der Waals surface area contributed by atoms with Crippen LogP contribution < -0.4 is 10.6 Å². The van der Waals surface area contributed by atoms with Crippen LogP contribution in [0.3, 0.4) is 0 Å². The van der Waals surface area contributed by atoms with E-state index in [1.807, 2.05) is 0 Å². The Morgan fingerprint density at radius 3 is 2.27 bits per heavy atom. The molecule has 0 radical (unpaired) electrons. The molecule has 0 unspecified atom stereocenters. The number of benzene rings is 2. The van der Waals surface area contributed by atoms with Crippen molar-refractivity contribution in [3.05, 3.63) is 62.6 Å². The first-order valence-electron chi connectivity index (χ1n) is 8.99. The van der Waals surface area contributed by atoms with Crippen molar-refractivity contribution in [1.29, 1.82) is 0 Å². The Balaban J connectivity index is 1.49. The van der Waals surface area contributed by atoms with Gasteiger partial charge in [-0.3, -0.25) is 9.59 Å². The third kappa shape index (κ3) is 4.38. The topological polar surface area (TPSA) is 67.4 Å². The van der Waals surface area contributed by atoms with Gasteiger partial charge in [-0.15, -0.1) is 23.2 Å². The van der Waals surface area contributed by atoms with Crippen LogP contribution in [0.4, 0.5) is 5.69 Å². The molecule has 0 aromatic heterocycles. The van der Waals surface area contributed by atoms with Crippen molar-refractivity contribution in [1.82, 2.24) is 5.32 Å². The normalized spacial score (nSPS) is 22.2. The van der Waals surface area contributed by atoms with E-state index in [-0.39, 0.29) is 28.4 Å². The third-order valence-corrected chi connectivity index (χ3v) is 6.74. The van der Waals surface area contributed by atoms with Crippen LogP contribution in [0.2, 0.25) is 15.1 Å². The highest BCUT2D eigenvalue weighted by Crippen LogP contribution is 2.65. The monoisotopic (exact) mass is 506 g/mol. The van der Waals surface area contributed by atoms with Gasteiger partial charge < -0.3 is 15.4 Å². The number of hydrogen-bond acceptors (Lipinski definition) is 3. The van der Waals surface area contributed by atoms with E-state index in [1.165, 1.54) is 6.07 Å². The number of halogens is 5. The summed E-state index contributed by atoms with van der Waals surface area (Å²) < 4.78 is 3.75. The van der Waals surface area contributed by atoms with Crippen molar-refractivity contribution in [2.45, 2.75) is 16.3 Å². The van der Waals surface area contributed by atoms with Crippen molar-refractivity contribution in [2.24, 2.45) is 5.92 Å². The molecule has 1 saturated carbocycles. The van der Waals surface area contributed by atoms with E-state index in [2.05, 4.69) is 10.6 Å². The Bertz CT molecular complexity index is 1010. The second kappa shape index (κ2) is 8.38. The lowest BCUT2D eigenvalue weighted by molar-refractivity contribution is -0.117. The molecule has 2 aromatic rings. The van der Waals surface area contributed by atoms with Crippen molar-refractivity contribution < 1.29 is 14.3 Å². The van der Waals surface area contributed by atoms with E-state index in [4.69, 9.17) is 62.7 Å². The summed E-state index contributed by atoms with van der Waals surface area (Å²) in [7, 11) is 0. The summed E-state index contributed by atoms with van der Waals surface area (Å²) in [4.78, 5) is 25.3. The molecule has 2 fully saturated rings. The molecule has 10 heteroatoms. The molecule has 0 spiro atoms. The maximum atomic E-state index is 12.8. The van der Waals surface area contributed by atoms with Crippen LogP contribution in [0.5, 0.6) is 0 Å². The first kappa shape index (κ1) is 22.0. The molecule has 2 amide bonds. The van der Waals surface area contributed by atoms with Crippen molar-refractivity contribution in [2.75, 3.05) is 18.5 Å². The molecule has 1 heterocycles. The first-order valence-corrected chi connectivity index (χ1v) is 10.9. The minimum absolute atomic E-state index is 0.0448. The summed E-state index contributed by atoms with van der Waals surface area (Å²) >= 11 is 31.0. The van der Waals surface area contributed by atoms with Crippen LogP contribution in [0, 0.1) is 5.92 Å². The molecule has 158 valence electrons. The van der Waals surface area contributed by atoms with Gasteiger partial charge in [-0.05, 0) is 42.0 Å². The second-order valence-corrected chi connectivity index (χ2v) is 9.95. The van der Waals surface area contributed by atoms with Gasteiger partial charge in [-0.1, -0.05) is 34.8 Å². The Morgan fingerprint density at radius 1 is 1.00 bits per heavy atom. The summed E-state index contributed by atoms with van der Waals surface area (Å²) in [5, 5.41) is 6.70. The Kier molecular flexibility index (Phi) is 6.14. The van der Waals surface area contributed by atoms with E-state index in [1.54, 1.807) is 30.3 Å². The molecule has 1 saturated heterocycles. The Morgan fingerprint density at radius 2 is 1.67 bits per heavy atom. The van der Waals surface area contributed by atoms with E-state index < -0.39 is 16.2 Å². The number of carbonyl (C=O) groups excluding carboxylic acids is 2. The average molecular weight is 509 g/mol. The number of anilines is 1. The van der Waals surface area contributed by atoms with Gasteiger partial charge in [0.25, 0.3) is 5.91 Å². The number of hydrogen-bond donors (Lipinski definition) is 2. The molecule has 5 nitrogen and oxygen atoms in total. The standard InChI is InChI=1S/C20H15Cl5N2O3/c21-10-3-9(4-11(22)5-10)16-17(20(16,24)25)19(29)26-12-1-2-15(23)14(6-12)18(28)27-13-7-30-8-13/h1-6,13,16-17H,7-8H2,(H,26,29)(H,27,28)/t16-,17+/m1/s1. The van der Waals surface area contributed by atoms with Gasteiger partial charge in [0, 0.05) is 21.7 Å². The zero-order chi connectivity index (χ0) is 21.6. The fourth-order valence-corrected chi connectivity index (χ4v) is 4.98. The van der Waals surface area contributed by atoms with E-state index in [0.29, 0.717) is 34.5 Å². The van der Waals surface area contributed by atoms with E-state index in [0.717, 1.165) is 0 Å². The molecular weight excluding hydrogens is 493 g/mol. The van der Waals surface area contributed by atoms with Crippen LogP contribution >= 0.6 is 58.0 Å². The van der Waals surface area contributed by atoms with Gasteiger partial charge in [0.05, 0.1) is 35.8 Å². The maximum absolute atomic E-state index is 12.8. The number of nitrogens with one attached hydrogen (secondary N) is 2. The summed E-state index contributed by atoms with van der Waals surface area (Å²) in [6.45, 7) is 0.924. The van der Waals surface area contributed by atoms with Crippen molar-refractivity contribution >= 4 is 75.5 Å². The van der Waals surface area contributed by atoms with Gasteiger partial charge >= 0.3 is 0 Å². The molecular formula is C20H15Cl5N2O3. The summed E-state index contributed by atoms with van der Waals surface area (Å²) in [6.07, 6.45) is 0. The van der Waals surface area contributed by atoms with E-state index in [9.17, 15) is 9.59 Å². The zero-order valence-electron chi connectivity index (χ0n) is 15.2. The lowest BCUT2D eigenvalue weighted by atomic mass is 10.1. The predicted molar refractivity (Wildman–Crippen MR) is 119 cm³/mol. The largest absolute Gasteiger partial charge is 0.377 e. The highest BCUT2D eigenvalue weighted by molar-refractivity contribution is 6.53. The zero-order valence-corrected chi connectivity index (χ0v) is 19.0. The van der Waals surface area contributed by atoms with Gasteiger partial charge in [0.2, 0.25) is 5.91 Å². The molecule has 2 N–H and O–H groups in total. The molecule has 1 aliphatic carbocycles. The summed E-state index contributed by atoms with van der Waals surface area (Å²) in [5.41, 5.74) is 1.33. The lowest BCUT2D eigenvalue weighted by Gasteiger charge is -2.27. The number of carbonyl (C=O) groups is 2. The van der Waals surface area contributed by atoms with Crippen molar-refractivity contribution in [3.63, 3.8) is 0 Å². The Hall–Kier alpha value is -1.21. The minimum atomic E-state index is -1.30. The minimum Gasteiger partial charge on any atom is -0.377 e. The predicted octanol–water partition coefficient (Wildman–Crippen LogP) is 5.30. The quantitative estimate of drug-likeness (QED) is 0.539. The smallest absolute Gasteiger partial charge is 0.253 e. The maximum Gasteiger partial charge on any atom is 0.253 e. The Labute approximate surface area is 197 Å². The number of ether oxygens (including phenoxy) is 1. The number of alkyl halides is 2. The molecule has 1 aliphatic heterocycles. The molecule has 4 rings (SSSR count). The van der Waals surface area contributed by atoms with Gasteiger partial charge in [0.1, 0.15) is 4.33 Å². The highest BCUT2D eigenvalue weighted by atomic mass is 35.5. The van der Waals surface area contributed by atoms with E-state index >= 15 is 0 Å².